The second-order valence-electron chi connectivity index (χ2n) is 8.49. The summed E-state index contributed by atoms with van der Waals surface area (Å²) in [6.07, 6.45) is 7.57. The third-order valence-electron chi connectivity index (χ3n) is 6.26. The average molecular weight is 445 g/mol. The van der Waals surface area contributed by atoms with Crippen LogP contribution < -0.4 is 11.4 Å². The highest BCUT2D eigenvalue weighted by molar-refractivity contribution is 5.77. The summed E-state index contributed by atoms with van der Waals surface area (Å²) in [5.74, 6) is 0.634. The number of aromatic hydroxyl groups is 1. The van der Waals surface area contributed by atoms with Crippen molar-refractivity contribution in [1.82, 2.24) is 33.2 Å². The van der Waals surface area contributed by atoms with Crippen LogP contribution in [0.2, 0.25) is 0 Å². The lowest BCUT2D eigenvalue weighted by Crippen LogP contribution is -2.25. The predicted octanol–water partition coefficient (Wildman–Crippen LogP) is 2.22. The van der Waals surface area contributed by atoms with Crippen LogP contribution in [0.3, 0.4) is 0 Å². The molecule has 1 fully saturated rings. The van der Waals surface area contributed by atoms with Crippen LogP contribution in [0.1, 0.15) is 31.1 Å². The molecule has 10 heteroatoms. The van der Waals surface area contributed by atoms with Crippen molar-refractivity contribution < 1.29 is 5.11 Å². The molecule has 0 aliphatic heterocycles. The molecule has 0 amide bonds. The largest absolute Gasteiger partial charge is 0.493 e. The number of benzene rings is 1. The summed E-state index contributed by atoms with van der Waals surface area (Å²) in [6.45, 7) is 1.40. The van der Waals surface area contributed by atoms with Crippen LogP contribution in [0.4, 0.5) is 0 Å². The average Bonchev–Trinajstić information content (AvgIpc) is 3.43. The number of nitrogens with zero attached hydrogens (tertiary/aromatic N) is 6. The number of hydrogen-bond donors (Lipinski definition) is 2. The van der Waals surface area contributed by atoms with Crippen molar-refractivity contribution in [2.45, 2.75) is 44.9 Å². The molecular weight excluding hydrogens is 422 g/mol. The number of aryl methyl sites for hydroxylation is 2. The Morgan fingerprint density at radius 2 is 1.88 bits per heavy atom. The lowest BCUT2D eigenvalue weighted by Gasteiger charge is -2.10. The van der Waals surface area contributed by atoms with Gasteiger partial charge >= 0.3 is 11.4 Å². The molecule has 1 aromatic carbocycles. The Labute approximate surface area is 187 Å². The Balaban J connectivity index is 1.37. The Bertz CT molecular complexity index is 1600. The Hall–Kier alpha value is -4.08. The molecule has 168 valence electrons. The molecule has 1 saturated carbocycles. The summed E-state index contributed by atoms with van der Waals surface area (Å²) in [5.41, 5.74) is 3.19. The zero-order valence-corrected chi connectivity index (χ0v) is 17.9. The molecule has 0 spiro atoms. The number of rotatable bonds is 7. The van der Waals surface area contributed by atoms with Gasteiger partial charge in [0, 0.05) is 25.3 Å². The number of pyridine rings is 1. The molecule has 0 atom stereocenters. The minimum Gasteiger partial charge on any atom is -0.493 e. The van der Waals surface area contributed by atoms with Gasteiger partial charge in [-0.25, -0.2) is 14.6 Å². The highest BCUT2D eigenvalue weighted by Crippen LogP contribution is 2.36. The second-order valence-corrected chi connectivity index (χ2v) is 8.49. The highest BCUT2D eigenvalue weighted by Gasteiger charge is 2.29. The Morgan fingerprint density at radius 1 is 1.03 bits per heavy atom. The van der Waals surface area contributed by atoms with Gasteiger partial charge in [-0.1, -0.05) is 12.1 Å². The van der Waals surface area contributed by atoms with Crippen molar-refractivity contribution in [3.05, 3.63) is 75.7 Å². The van der Waals surface area contributed by atoms with Gasteiger partial charge in [0.1, 0.15) is 5.82 Å². The lowest BCUT2D eigenvalue weighted by atomic mass is 10.3. The fourth-order valence-electron chi connectivity index (χ4n) is 4.59. The molecular formula is C23H23N7O3. The quantitative estimate of drug-likeness (QED) is 0.399. The van der Waals surface area contributed by atoms with E-state index in [0.29, 0.717) is 26.1 Å². The number of fused-ring (bicyclic) bond motifs is 2. The maximum absolute atomic E-state index is 13.3. The van der Waals surface area contributed by atoms with E-state index in [1.54, 1.807) is 17.0 Å². The van der Waals surface area contributed by atoms with Gasteiger partial charge in [0.25, 0.3) is 0 Å². The topological polar surface area (TPSA) is 116 Å². The van der Waals surface area contributed by atoms with E-state index in [9.17, 15) is 14.7 Å². The van der Waals surface area contributed by atoms with E-state index >= 15 is 0 Å². The van der Waals surface area contributed by atoms with Crippen LogP contribution in [0, 0.1) is 0 Å². The first kappa shape index (κ1) is 19.6. The van der Waals surface area contributed by atoms with Gasteiger partial charge in [-0.05, 0) is 37.5 Å². The second kappa shape index (κ2) is 7.51. The minimum absolute atomic E-state index is 0.0338. The van der Waals surface area contributed by atoms with E-state index in [4.69, 9.17) is 4.98 Å². The lowest BCUT2D eigenvalue weighted by molar-refractivity contribution is 0.454. The fourth-order valence-corrected chi connectivity index (χ4v) is 4.59. The molecule has 0 radical (unpaired) electrons. The number of aromatic amines is 1. The van der Waals surface area contributed by atoms with Crippen LogP contribution in [-0.4, -0.2) is 38.3 Å². The Morgan fingerprint density at radius 3 is 2.67 bits per heavy atom. The van der Waals surface area contributed by atoms with Crippen LogP contribution in [0.15, 0.2) is 58.5 Å². The normalized spacial score (nSPS) is 13.9. The van der Waals surface area contributed by atoms with Gasteiger partial charge in [0.05, 0.1) is 41.0 Å². The summed E-state index contributed by atoms with van der Waals surface area (Å²) in [7, 11) is 0. The van der Waals surface area contributed by atoms with E-state index in [1.165, 1.54) is 10.8 Å². The first-order chi connectivity index (χ1) is 16.1. The molecule has 4 aromatic heterocycles. The Kier molecular flexibility index (Phi) is 4.46. The summed E-state index contributed by atoms with van der Waals surface area (Å²) in [4.78, 5) is 36.6. The molecule has 33 heavy (non-hydrogen) atoms. The molecule has 2 N–H and O–H groups in total. The molecule has 0 saturated heterocycles. The zero-order chi connectivity index (χ0) is 22.5. The molecule has 10 nitrogen and oxygen atoms in total. The van der Waals surface area contributed by atoms with Gasteiger partial charge in [0.15, 0.2) is 0 Å². The van der Waals surface area contributed by atoms with Crippen LogP contribution in [0.5, 0.6) is 5.88 Å². The number of para-hydroxylation sites is 2. The van der Waals surface area contributed by atoms with E-state index in [-0.39, 0.29) is 23.3 Å². The van der Waals surface area contributed by atoms with E-state index in [2.05, 4.69) is 14.5 Å². The van der Waals surface area contributed by atoms with Crippen LogP contribution >= 0.6 is 0 Å². The SMILES string of the molecule is O=c1[nH]c(O)cn1CCCn1c(Cn2c(=O)n(C3CC3)c3ccncc32)nc2ccccc21. The fraction of sp³-hybridized carbons (Fsp3) is 0.304. The molecule has 0 unspecified atom stereocenters. The molecule has 6 rings (SSSR count). The highest BCUT2D eigenvalue weighted by atomic mass is 16.3. The van der Waals surface area contributed by atoms with E-state index in [0.717, 1.165) is 40.7 Å². The number of H-pyrrole nitrogens is 1. The minimum atomic E-state index is -0.338. The molecule has 1 aliphatic rings. The van der Waals surface area contributed by atoms with Crippen molar-refractivity contribution in [3.8, 4) is 5.88 Å². The van der Waals surface area contributed by atoms with Gasteiger partial charge in [-0.2, -0.15) is 0 Å². The van der Waals surface area contributed by atoms with Crippen molar-refractivity contribution in [3.63, 3.8) is 0 Å². The molecule has 4 heterocycles. The zero-order valence-electron chi connectivity index (χ0n) is 17.9. The summed E-state index contributed by atoms with van der Waals surface area (Å²) in [5, 5.41) is 9.49. The smallest absolute Gasteiger partial charge is 0.329 e. The third-order valence-corrected chi connectivity index (χ3v) is 6.26. The van der Waals surface area contributed by atoms with Crippen LogP contribution in [-0.2, 0) is 19.6 Å². The number of nitrogens with one attached hydrogen (secondary N) is 1. The van der Waals surface area contributed by atoms with Crippen molar-refractivity contribution >= 4 is 22.1 Å². The maximum atomic E-state index is 13.3. The number of hydrogen-bond acceptors (Lipinski definition) is 5. The predicted molar refractivity (Wildman–Crippen MR) is 122 cm³/mol. The first-order valence-electron chi connectivity index (χ1n) is 11.1. The summed E-state index contributed by atoms with van der Waals surface area (Å²) in [6, 6.07) is 10.0. The van der Waals surface area contributed by atoms with E-state index < -0.39 is 0 Å². The number of aromatic nitrogens is 7. The summed E-state index contributed by atoms with van der Waals surface area (Å²) >= 11 is 0. The van der Waals surface area contributed by atoms with Gasteiger partial charge in [0.2, 0.25) is 5.88 Å². The van der Waals surface area contributed by atoms with Gasteiger partial charge in [-0.3, -0.25) is 23.7 Å². The molecule has 5 aromatic rings. The molecule has 0 bridgehead atoms. The van der Waals surface area contributed by atoms with Crippen LogP contribution in [0.25, 0.3) is 22.1 Å². The number of imidazole rings is 3. The first-order valence-corrected chi connectivity index (χ1v) is 11.1. The third kappa shape index (κ3) is 3.34. The monoisotopic (exact) mass is 445 g/mol. The maximum Gasteiger partial charge on any atom is 0.329 e. The van der Waals surface area contributed by atoms with Crippen molar-refractivity contribution in [2.24, 2.45) is 0 Å². The van der Waals surface area contributed by atoms with Gasteiger partial charge in [-0.15, -0.1) is 0 Å². The van der Waals surface area contributed by atoms with Crippen molar-refractivity contribution in [2.75, 3.05) is 0 Å². The standard InChI is InChI=1S/C23H23N7O3/c31-21-14-27(22(32)26-21)10-3-11-28-17-5-2-1-4-16(17)25-20(28)13-29-19-12-24-9-8-18(19)30(23(29)33)15-6-7-15/h1-2,4-5,8-9,12,14-15,31H,3,6-7,10-11,13H2,(H,26,32). The molecule has 1 aliphatic carbocycles. The van der Waals surface area contributed by atoms with Crippen molar-refractivity contribution in [1.29, 1.82) is 0 Å². The summed E-state index contributed by atoms with van der Waals surface area (Å²) < 4.78 is 7.20. The van der Waals surface area contributed by atoms with Gasteiger partial charge < -0.3 is 9.67 Å². The van der Waals surface area contributed by atoms with E-state index in [1.807, 2.05) is 34.9 Å².